The summed E-state index contributed by atoms with van der Waals surface area (Å²) in [6, 6.07) is 8.05. The molecule has 1 aliphatic carbocycles. The van der Waals surface area contributed by atoms with Crippen LogP contribution in [0.2, 0.25) is 0 Å². The molecule has 0 radical (unpaired) electrons. The number of nitrogens with one attached hydrogen (secondary N) is 2. The van der Waals surface area contributed by atoms with Gasteiger partial charge < -0.3 is 15.4 Å². The second-order valence-corrected chi connectivity index (χ2v) is 5.99. The van der Waals surface area contributed by atoms with Crippen LogP contribution < -0.4 is 5.32 Å². The topological polar surface area (TPSA) is 95.1 Å². The maximum Gasteiger partial charge on any atom is 0.228 e. The Morgan fingerprint density at radius 3 is 2.92 bits per heavy atom. The van der Waals surface area contributed by atoms with Crippen LogP contribution >= 0.6 is 0 Å². The monoisotopic (exact) mass is 333 g/mol. The fourth-order valence-electron chi connectivity index (χ4n) is 3.09. The number of hydrogen-bond donors (Lipinski definition) is 3. The minimum absolute atomic E-state index is 0.168. The molecular weight excluding hydrogens is 318 g/mol. The first-order valence-corrected chi connectivity index (χ1v) is 7.87. The second-order valence-electron chi connectivity index (χ2n) is 5.99. The second kappa shape index (κ2) is 5.59. The number of carbonyl (C=O) groups is 2. The number of benzene rings is 1. The van der Waals surface area contributed by atoms with E-state index in [1.54, 1.807) is 30.3 Å². The van der Waals surface area contributed by atoms with Crippen molar-refractivity contribution >= 4 is 22.5 Å². The fraction of sp³-hybridized carbons (Fsp3) is 0.105. The molecule has 0 saturated carbocycles. The number of H-pyrrole nitrogens is 1. The summed E-state index contributed by atoms with van der Waals surface area (Å²) >= 11 is 0. The van der Waals surface area contributed by atoms with E-state index in [9.17, 15) is 14.7 Å². The van der Waals surface area contributed by atoms with Gasteiger partial charge in [0.25, 0.3) is 0 Å². The third-order valence-electron chi connectivity index (χ3n) is 4.34. The standard InChI is InChI=1S/C19H15N3O3/c1-10(14-9-21-15-5-4-11(23)7-13(14)15)22-16-8-17(24)12-3-2-6-20-18(12)19(16)25/h2-10,21-23H,1H3. The molecule has 0 saturated heterocycles. The highest BCUT2D eigenvalue weighted by Crippen LogP contribution is 2.28. The lowest BCUT2D eigenvalue weighted by molar-refractivity contribution is 0.0972. The molecule has 1 aromatic carbocycles. The smallest absolute Gasteiger partial charge is 0.228 e. The van der Waals surface area contributed by atoms with E-state index >= 15 is 0 Å². The summed E-state index contributed by atoms with van der Waals surface area (Å²) in [5.41, 5.74) is 2.48. The number of phenolic OH excluding ortho intramolecular Hbond substituents is 1. The van der Waals surface area contributed by atoms with Gasteiger partial charge in [0.2, 0.25) is 5.78 Å². The number of phenols is 1. The van der Waals surface area contributed by atoms with Gasteiger partial charge in [-0.05, 0) is 42.8 Å². The van der Waals surface area contributed by atoms with E-state index in [2.05, 4.69) is 15.3 Å². The molecule has 6 heteroatoms. The summed E-state index contributed by atoms with van der Waals surface area (Å²) < 4.78 is 0. The highest BCUT2D eigenvalue weighted by Gasteiger charge is 2.27. The van der Waals surface area contributed by atoms with Crippen LogP contribution in [0.4, 0.5) is 0 Å². The number of ketones is 2. The van der Waals surface area contributed by atoms with Crippen LogP contribution in [0.3, 0.4) is 0 Å². The SMILES string of the molecule is CC(NC1=CC(=O)c2cccnc2C1=O)c1c[nH]c2ccc(O)cc12. The van der Waals surface area contributed by atoms with Crippen molar-refractivity contribution in [3.8, 4) is 5.75 Å². The zero-order valence-corrected chi connectivity index (χ0v) is 13.4. The van der Waals surface area contributed by atoms with Gasteiger partial charge in [-0.15, -0.1) is 0 Å². The van der Waals surface area contributed by atoms with Crippen molar-refractivity contribution in [2.45, 2.75) is 13.0 Å². The van der Waals surface area contributed by atoms with Crippen LogP contribution in [-0.4, -0.2) is 26.6 Å². The van der Waals surface area contributed by atoms with Gasteiger partial charge in [-0.3, -0.25) is 14.6 Å². The molecule has 1 aliphatic rings. The number of pyridine rings is 1. The van der Waals surface area contributed by atoms with Crippen molar-refractivity contribution in [1.29, 1.82) is 0 Å². The summed E-state index contributed by atoms with van der Waals surface area (Å²) in [5, 5.41) is 13.7. The number of nitrogens with zero attached hydrogens (tertiary/aromatic N) is 1. The summed E-state index contributed by atoms with van der Waals surface area (Å²) in [7, 11) is 0. The number of aromatic nitrogens is 2. The van der Waals surface area contributed by atoms with Crippen molar-refractivity contribution in [2.24, 2.45) is 0 Å². The van der Waals surface area contributed by atoms with Gasteiger partial charge in [-0.1, -0.05) is 0 Å². The number of hydrogen-bond acceptors (Lipinski definition) is 5. The number of rotatable bonds is 3. The third-order valence-corrected chi connectivity index (χ3v) is 4.34. The van der Waals surface area contributed by atoms with E-state index in [-0.39, 0.29) is 34.7 Å². The van der Waals surface area contributed by atoms with E-state index in [4.69, 9.17) is 0 Å². The predicted molar refractivity (Wildman–Crippen MR) is 92.5 cm³/mol. The van der Waals surface area contributed by atoms with Gasteiger partial charge in [0, 0.05) is 29.4 Å². The molecule has 124 valence electrons. The molecular formula is C19H15N3O3. The van der Waals surface area contributed by atoms with E-state index in [1.807, 2.05) is 13.1 Å². The number of fused-ring (bicyclic) bond motifs is 2. The highest BCUT2D eigenvalue weighted by molar-refractivity contribution is 6.23. The Bertz CT molecular complexity index is 1050. The molecule has 2 heterocycles. The largest absolute Gasteiger partial charge is 0.508 e. The summed E-state index contributed by atoms with van der Waals surface area (Å²) in [6.07, 6.45) is 4.64. The van der Waals surface area contributed by atoms with Crippen LogP contribution in [0.25, 0.3) is 10.9 Å². The molecule has 2 aromatic heterocycles. The van der Waals surface area contributed by atoms with Gasteiger partial charge >= 0.3 is 0 Å². The lowest BCUT2D eigenvalue weighted by Gasteiger charge is -2.20. The van der Waals surface area contributed by atoms with Crippen molar-refractivity contribution in [2.75, 3.05) is 0 Å². The molecule has 1 atom stereocenters. The molecule has 0 spiro atoms. The van der Waals surface area contributed by atoms with Crippen LogP contribution in [0.15, 0.2) is 54.5 Å². The highest BCUT2D eigenvalue weighted by atomic mass is 16.3. The van der Waals surface area contributed by atoms with Gasteiger partial charge in [0.05, 0.1) is 17.3 Å². The maximum atomic E-state index is 12.6. The Hall–Kier alpha value is -3.41. The first-order chi connectivity index (χ1) is 12.0. The minimum atomic E-state index is -0.301. The Balaban J connectivity index is 1.67. The summed E-state index contributed by atoms with van der Waals surface area (Å²) in [4.78, 5) is 32.0. The van der Waals surface area contributed by atoms with E-state index in [0.29, 0.717) is 5.56 Å². The average molecular weight is 333 g/mol. The number of Topliss-reactive ketones (excluding diaryl/α,β-unsaturated/α-hetero) is 1. The molecule has 0 amide bonds. The van der Waals surface area contributed by atoms with Crippen molar-refractivity contribution in [1.82, 2.24) is 15.3 Å². The Labute approximate surface area is 143 Å². The zero-order chi connectivity index (χ0) is 17.6. The van der Waals surface area contributed by atoms with Gasteiger partial charge in [-0.2, -0.15) is 0 Å². The van der Waals surface area contributed by atoms with E-state index in [1.165, 1.54) is 12.3 Å². The summed E-state index contributed by atoms with van der Waals surface area (Å²) in [5.74, 6) is -0.375. The molecule has 0 fully saturated rings. The van der Waals surface area contributed by atoms with Crippen molar-refractivity contribution < 1.29 is 14.7 Å². The number of allylic oxidation sites excluding steroid dienone is 2. The van der Waals surface area contributed by atoms with Crippen LogP contribution in [0.1, 0.15) is 39.4 Å². The number of aromatic amines is 1. The first-order valence-electron chi connectivity index (χ1n) is 7.87. The Morgan fingerprint density at radius 2 is 2.08 bits per heavy atom. The van der Waals surface area contributed by atoms with Crippen LogP contribution in [0.5, 0.6) is 5.75 Å². The Morgan fingerprint density at radius 1 is 1.24 bits per heavy atom. The van der Waals surface area contributed by atoms with E-state index in [0.717, 1.165) is 16.5 Å². The lowest BCUT2D eigenvalue weighted by Crippen LogP contribution is -2.29. The van der Waals surface area contributed by atoms with Crippen LogP contribution in [0, 0.1) is 0 Å². The van der Waals surface area contributed by atoms with Crippen LogP contribution in [-0.2, 0) is 0 Å². The fourth-order valence-corrected chi connectivity index (χ4v) is 3.09. The van der Waals surface area contributed by atoms with E-state index < -0.39 is 0 Å². The van der Waals surface area contributed by atoms with Crippen molar-refractivity contribution in [3.05, 3.63) is 71.3 Å². The van der Waals surface area contributed by atoms with Gasteiger partial charge in [-0.25, -0.2) is 0 Å². The predicted octanol–water partition coefficient (Wildman–Crippen LogP) is 2.88. The third kappa shape index (κ3) is 2.48. The van der Waals surface area contributed by atoms with Gasteiger partial charge in [0.1, 0.15) is 11.4 Å². The quantitative estimate of drug-likeness (QED) is 0.685. The lowest BCUT2D eigenvalue weighted by atomic mass is 9.96. The zero-order valence-electron chi connectivity index (χ0n) is 13.4. The Kier molecular flexibility index (Phi) is 3.39. The molecule has 1 unspecified atom stereocenters. The molecule has 0 bridgehead atoms. The number of aromatic hydroxyl groups is 1. The number of carbonyl (C=O) groups excluding carboxylic acids is 2. The van der Waals surface area contributed by atoms with Gasteiger partial charge in [0.15, 0.2) is 5.78 Å². The molecule has 6 nitrogen and oxygen atoms in total. The summed E-state index contributed by atoms with van der Waals surface area (Å²) in [6.45, 7) is 1.89. The molecule has 3 N–H and O–H groups in total. The average Bonchev–Trinajstić information content (AvgIpc) is 3.02. The molecule has 3 aromatic rings. The molecule has 0 aliphatic heterocycles. The first kappa shape index (κ1) is 15.1. The normalized spacial score (nSPS) is 15.0. The molecule has 4 rings (SSSR count). The molecule has 25 heavy (non-hydrogen) atoms. The van der Waals surface area contributed by atoms with Crippen molar-refractivity contribution in [3.63, 3.8) is 0 Å². The maximum absolute atomic E-state index is 12.6. The minimum Gasteiger partial charge on any atom is -0.508 e.